The summed E-state index contributed by atoms with van der Waals surface area (Å²) in [4.78, 5) is 30.2. The number of rotatable bonds is 2. The van der Waals surface area contributed by atoms with Gasteiger partial charge in [0.2, 0.25) is 5.95 Å². The van der Waals surface area contributed by atoms with Gasteiger partial charge in [0, 0.05) is 44.3 Å². The van der Waals surface area contributed by atoms with Crippen molar-refractivity contribution in [3.63, 3.8) is 0 Å². The first-order valence-electron chi connectivity index (χ1n) is 10.7. The molecular weight excluding hydrogens is 374 g/mol. The molecule has 0 bridgehead atoms. The molecule has 30 heavy (non-hydrogen) atoms. The summed E-state index contributed by atoms with van der Waals surface area (Å²) < 4.78 is 0. The fraction of sp³-hybridized carbons (Fsp3) is 0.417. The van der Waals surface area contributed by atoms with Crippen LogP contribution in [0.1, 0.15) is 53.8 Å². The molecule has 1 amide bonds. The number of aryl methyl sites for hydroxylation is 1. The van der Waals surface area contributed by atoms with Gasteiger partial charge in [-0.1, -0.05) is 17.6 Å². The molecule has 6 heteroatoms. The van der Waals surface area contributed by atoms with Crippen LogP contribution in [0.4, 0.5) is 5.95 Å². The second-order valence-corrected chi connectivity index (χ2v) is 7.85. The molecule has 2 aliphatic rings. The van der Waals surface area contributed by atoms with Crippen molar-refractivity contribution in [2.45, 2.75) is 39.0 Å². The van der Waals surface area contributed by atoms with E-state index in [2.05, 4.69) is 31.7 Å². The molecule has 2 aliphatic heterocycles. The molecule has 0 aliphatic carbocycles. The minimum Gasteiger partial charge on any atom is -0.341 e. The van der Waals surface area contributed by atoms with E-state index < -0.39 is 0 Å². The van der Waals surface area contributed by atoms with Gasteiger partial charge in [-0.2, -0.15) is 0 Å². The van der Waals surface area contributed by atoms with Crippen LogP contribution in [0.3, 0.4) is 0 Å². The zero-order chi connectivity index (χ0) is 20.8. The van der Waals surface area contributed by atoms with Crippen LogP contribution in [0, 0.1) is 18.8 Å². The first-order chi connectivity index (χ1) is 14.7. The zero-order valence-electron chi connectivity index (χ0n) is 17.5. The smallest absolute Gasteiger partial charge is 0.257 e. The van der Waals surface area contributed by atoms with E-state index in [9.17, 15) is 4.79 Å². The number of likely N-dealkylation sites (tertiary alicyclic amines) is 1. The molecule has 2 aromatic heterocycles. The van der Waals surface area contributed by atoms with E-state index in [0.29, 0.717) is 18.7 Å². The Balaban J connectivity index is 1.32. The lowest BCUT2D eigenvalue weighted by Crippen LogP contribution is -2.36. The molecule has 0 saturated carbocycles. The highest BCUT2D eigenvalue weighted by atomic mass is 16.2. The third kappa shape index (κ3) is 5.04. The highest BCUT2D eigenvalue weighted by Gasteiger charge is 2.21. The van der Waals surface area contributed by atoms with Gasteiger partial charge < -0.3 is 9.80 Å². The van der Waals surface area contributed by atoms with Crippen LogP contribution in [0.5, 0.6) is 0 Å². The lowest BCUT2D eigenvalue weighted by atomic mass is 10.0. The molecular formula is C24H27N5O. The van der Waals surface area contributed by atoms with Crippen LogP contribution in [0.2, 0.25) is 0 Å². The predicted molar refractivity (Wildman–Crippen MR) is 117 cm³/mol. The largest absolute Gasteiger partial charge is 0.341 e. The number of pyridine rings is 1. The summed E-state index contributed by atoms with van der Waals surface area (Å²) in [6, 6.07) is 5.84. The number of anilines is 1. The molecule has 2 aromatic rings. The van der Waals surface area contributed by atoms with Crippen molar-refractivity contribution in [3.05, 3.63) is 59.2 Å². The number of hydrogen-bond acceptors (Lipinski definition) is 5. The monoisotopic (exact) mass is 401 g/mol. The Kier molecular flexibility index (Phi) is 6.38. The molecule has 4 rings (SSSR count). The lowest BCUT2D eigenvalue weighted by molar-refractivity contribution is 0.0742. The number of piperidine rings is 2. The van der Waals surface area contributed by atoms with Crippen LogP contribution >= 0.6 is 0 Å². The Morgan fingerprint density at radius 2 is 1.77 bits per heavy atom. The van der Waals surface area contributed by atoms with E-state index in [1.807, 2.05) is 36.1 Å². The van der Waals surface area contributed by atoms with Crippen molar-refractivity contribution >= 4 is 11.9 Å². The SMILES string of the molecule is Cc1cccc(C#CC=C2CCN(C(=O)c3cnc(N4CCCCC4)nc3)CC2)n1. The maximum atomic E-state index is 12.8. The molecule has 0 N–H and O–H groups in total. The summed E-state index contributed by atoms with van der Waals surface area (Å²) >= 11 is 0. The van der Waals surface area contributed by atoms with Gasteiger partial charge in [-0.05, 0) is 63.2 Å². The topological polar surface area (TPSA) is 62.2 Å². The van der Waals surface area contributed by atoms with Crippen molar-refractivity contribution in [1.82, 2.24) is 19.9 Å². The van der Waals surface area contributed by atoms with Gasteiger partial charge in [0.1, 0.15) is 5.69 Å². The lowest BCUT2D eigenvalue weighted by Gasteiger charge is -2.29. The minimum atomic E-state index is 0.00860. The predicted octanol–water partition coefficient (Wildman–Crippen LogP) is 3.38. The average Bonchev–Trinajstić information content (AvgIpc) is 2.80. The van der Waals surface area contributed by atoms with E-state index >= 15 is 0 Å². The average molecular weight is 402 g/mol. The van der Waals surface area contributed by atoms with Gasteiger partial charge in [-0.15, -0.1) is 0 Å². The van der Waals surface area contributed by atoms with Crippen LogP contribution in [-0.2, 0) is 0 Å². The Morgan fingerprint density at radius 1 is 1.03 bits per heavy atom. The fourth-order valence-electron chi connectivity index (χ4n) is 3.84. The van der Waals surface area contributed by atoms with Crippen molar-refractivity contribution in [1.29, 1.82) is 0 Å². The third-order valence-electron chi connectivity index (χ3n) is 5.58. The number of carbonyl (C=O) groups excluding carboxylic acids is 1. The van der Waals surface area contributed by atoms with Crippen molar-refractivity contribution in [3.8, 4) is 11.8 Å². The summed E-state index contributed by atoms with van der Waals surface area (Å²) in [5.41, 5.74) is 3.59. The quantitative estimate of drug-likeness (QED) is 0.722. The van der Waals surface area contributed by atoms with E-state index in [1.165, 1.54) is 24.8 Å². The molecule has 0 aromatic carbocycles. The number of aromatic nitrogens is 3. The summed E-state index contributed by atoms with van der Waals surface area (Å²) in [5.74, 6) is 6.94. The number of nitrogens with zero attached hydrogens (tertiary/aromatic N) is 5. The molecule has 154 valence electrons. The molecule has 0 atom stereocenters. The second-order valence-electron chi connectivity index (χ2n) is 7.85. The molecule has 2 saturated heterocycles. The van der Waals surface area contributed by atoms with Gasteiger partial charge in [-0.25, -0.2) is 15.0 Å². The summed E-state index contributed by atoms with van der Waals surface area (Å²) in [7, 11) is 0. The third-order valence-corrected chi connectivity index (χ3v) is 5.58. The maximum absolute atomic E-state index is 12.8. The van der Waals surface area contributed by atoms with E-state index in [1.54, 1.807) is 12.4 Å². The van der Waals surface area contributed by atoms with Gasteiger partial charge in [0.25, 0.3) is 5.91 Å². The van der Waals surface area contributed by atoms with Crippen molar-refractivity contribution in [2.75, 3.05) is 31.1 Å². The van der Waals surface area contributed by atoms with Gasteiger partial charge in [0.15, 0.2) is 0 Å². The van der Waals surface area contributed by atoms with Crippen LogP contribution in [0.25, 0.3) is 0 Å². The Hall–Kier alpha value is -3.20. The van der Waals surface area contributed by atoms with Crippen molar-refractivity contribution < 1.29 is 4.79 Å². The van der Waals surface area contributed by atoms with Gasteiger partial charge in [0.05, 0.1) is 5.56 Å². The Morgan fingerprint density at radius 3 is 2.47 bits per heavy atom. The highest BCUT2D eigenvalue weighted by Crippen LogP contribution is 2.19. The first-order valence-corrected chi connectivity index (χ1v) is 10.7. The Bertz CT molecular complexity index is 971. The summed E-state index contributed by atoms with van der Waals surface area (Å²) in [6.07, 6.45) is 10.6. The van der Waals surface area contributed by atoms with Crippen molar-refractivity contribution in [2.24, 2.45) is 0 Å². The van der Waals surface area contributed by atoms with E-state index in [0.717, 1.165) is 43.3 Å². The number of hydrogen-bond donors (Lipinski definition) is 0. The minimum absolute atomic E-state index is 0.00860. The molecule has 2 fully saturated rings. The standard InChI is InChI=1S/C24H27N5O/c1-19-7-5-9-22(27-19)10-6-8-20-11-15-28(16-12-20)23(30)21-17-25-24(26-18-21)29-13-3-2-4-14-29/h5,7-9,17-18H,2-4,11-16H2,1H3. The molecule has 0 radical (unpaired) electrons. The number of allylic oxidation sites excluding steroid dienone is 1. The second kappa shape index (κ2) is 9.53. The highest BCUT2D eigenvalue weighted by molar-refractivity contribution is 5.93. The normalized spacial score (nSPS) is 16.6. The van der Waals surface area contributed by atoms with Gasteiger partial charge >= 0.3 is 0 Å². The van der Waals surface area contributed by atoms with Crippen LogP contribution in [-0.4, -0.2) is 51.9 Å². The molecule has 6 nitrogen and oxygen atoms in total. The summed E-state index contributed by atoms with van der Waals surface area (Å²) in [5, 5.41) is 0. The van der Waals surface area contributed by atoms with E-state index in [4.69, 9.17) is 0 Å². The molecule has 0 unspecified atom stereocenters. The van der Waals surface area contributed by atoms with Crippen LogP contribution in [0.15, 0.2) is 42.2 Å². The summed E-state index contributed by atoms with van der Waals surface area (Å²) in [6.45, 7) is 5.35. The number of carbonyl (C=O) groups is 1. The van der Waals surface area contributed by atoms with Crippen LogP contribution < -0.4 is 4.90 Å². The first kappa shape index (κ1) is 20.1. The molecule has 4 heterocycles. The van der Waals surface area contributed by atoms with E-state index in [-0.39, 0.29) is 5.91 Å². The molecule has 0 spiro atoms. The van der Waals surface area contributed by atoms with Gasteiger partial charge in [-0.3, -0.25) is 4.79 Å². The Labute approximate surface area is 178 Å². The fourth-order valence-corrected chi connectivity index (χ4v) is 3.84. The number of amides is 1. The zero-order valence-corrected chi connectivity index (χ0v) is 17.5. The maximum Gasteiger partial charge on any atom is 0.257 e.